The first-order valence-corrected chi connectivity index (χ1v) is 8.92. The van der Waals surface area contributed by atoms with Crippen LogP contribution >= 0.6 is 46.6 Å². The van der Waals surface area contributed by atoms with Gasteiger partial charge >= 0.3 is 0 Å². The molecule has 1 saturated heterocycles. The quantitative estimate of drug-likeness (QED) is 0.701. The lowest BCUT2D eigenvalue weighted by molar-refractivity contribution is -0.115. The second-order valence-corrected chi connectivity index (χ2v) is 7.15. The zero-order valence-electron chi connectivity index (χ0n) is 12.1. The zero-order chi connectivity index (χ0) is 16.6. The molecule has 0 radical (unpaired) electrons. The van der Waals surface area contributed by atoms with Gasteiger partial charge in [-0.2, -0.15) is 0 Å². The van der Waals surface area contributed by atoms with E-state index in [2.05, 4.69) is 0 Å². The standard InChI is InChI=1S/C16H12Cl3NO2S/c1-22-13-6-5-9(7-12(13)18)20-14(21)8-23-16(20)10-3-2-4-11(17)15(10)19/h2-7,16H,8H2,1H3/t16-/m0/s1. The third kappa shape index (κ3) is 3.13. The van der Waals surface area contributed by atoms with Crippen LogP contribution in [0.1, 0.15) is 10.9 Å². The van der Waals surface area contributed by atoms with Crippen molar-refractivity contribution in [1.29, 1.82) is 0 Å². The van der Waals surface area contributed by atoms with Gasteiger partial charge in [0.25, 0.3) is 0 Å². The Morgan fingerprint density at radius 2 is 1.96 bits per heavy atom. The molecule has 23 heavy (non-hydrogen) atoms. The van der Waals surface area contributed by atoms with Crippen LogP contribution in [-0.4, -0.2) is 18.8 Å². The van der Waals surface area contributed by atoms with Crippen molar-refractivity contribution < 1.29 is 9.53 Å². The zero-order valence-corrected chi connectivity index (χ0v) is 15.1. The van der Waals surface area contributed by atoms with Crippen molar-refractivity contribution in [2.75, 3.05) is 17.8 Å². The second kappa shape index (κ2) is 6.81. The lowest BCUT2D eigenvalue weighted by atomic mass is 10.2. The summed E-state index contributed by atoms with van der Waals surface area (Å²) in [4.78, 5) is 14.1. The smallest absolute Gasteiger partial charge is 0.238 e. The first kappa shape index (κ1) is 16.8. The molecule has 2 aromatic carbocycles. The van der Waals surface area contributed by atoms with Crippen LogP contribution in [-0.2, 0) is 4.79 Å². The fraction of sp³-hybridized carbons (Fsp3) is 0.188. The van der Waals surface area contributed by atoms with Crippen molar-refractivity contribution in [3.8, 4) is 5.75 Å². The number of hydrogen-bond acceptors (Lipinski definition) is 3. The third-order valence-corrected chi connectivity index (χ3v) is 5.85. The van der Waals surface area contributed by atoms with Gasteiger partial charge in [0.1, 0.15) is 11.1 Å². The Kier molecular flexibility index (Phi) is 4.97. The van der Waals surface area contributed by atoms with Crippen LogP contribution in [0, 0.1) is 0 Å². The fourth-order valence-corrected chi connectivity index (χ4v) is 4.38. The highest BCUT2D eigenvalue weighted by Crippen LogP contribution is 2.46. The number of rotatable bonds is 3. The van der Waals surface area contributed by atoms with Crippen molar-refractivity contribution in [2.24, 2.45) is 0 Å². The molecule has 3 rings (SSSR count). The minimum Gasteiger partial charge on any atom is -0.495 e. The van der Waals surface area contributed by atoms with Gasteiger partial charge in [0.2, 0.25) is 5.91 Å². The summed E-state index contributed by atoms with van der Waals surface area (Å²) < 4.78 is 5.16. The van der Waals surface area contributed by atoms with Gasteiger partial charge in [0, 0.05) is 11.3 Å². The fourth-order valence-electron chi connectivity index (χ4n) is 2.45. The Hall–Kier alpha value is -1.07. The molecule has 1 amide bonds. The first-order chi connectivity index (χ1) is 11.0. The molecule has 0 aromatic heterocycles. The molecule has 0 saturated carbocycles. The van der Waals surface area contributed by atoms with Crippen molar-refractivity contribution in [3.05, 3.63) is 57.0 Å². The molecule has 1 aliphatic rings. The van der Waals surface area contributed by atoms with Crippen LogP contribution < -0.4 is 9.64 Å². The molecule has 120 valence electrons. The second-order valence-electron chi connectivity index (χ2n) is 4.89. The molecule has 0 aliphatic carbocycles. The van der Waals surface area contributed by atoms with Gasteiger partial charge in [0.05, 0.1) is 27.9 Å². The first-order valence-electron chi connectivity index (χ1n) is 6.74. The normalized spacial score (nSPS) is 17.7. The maximum Gasteiger partial charge on any atom is 0.238 e. The van der Waals surface area contributed by atoms with Crippen molar-refractivity contribution in [1.82, 2.24) is 0 Å². The Morgan fingerprint density at radius 1 is 1.17 bits per heavy atom. The number of halogens is 3. The summed E-state index contributed by atoms with van der Waals surface area (Å²) >= 11 is 20.1. The van der Waals surface area contributed by atoms with Gasteiger partial charge in [-0.25, -0.2) is 0 Å². The summed E-state index contributed by atoms with van der Waals surface area (Å²) in [6.07, 6.45) is 0. The Labute approximate surface area is 153 Å². The SMILES string of the molecule is COc1ccc(N2C(=O)CS[C@H]2c2cccc(Cl)c2Cl)cc1Cl. The predicted molar refractivity (Wildman–Crippen MR) is 97.2 cm³/mol. The summed E-state index contributed by atoms with van der Waals surface area (Å²) in [5.41, 5.74) is 1.51. The number of thioether (sulfide) groups is 1. The average molecular weight is 389 g/mol. The molecule has 1 heterocycles. The van der Waals surface area contributed by atoms with Gasteiger partial charge in [-0.1, -0.05) is 46.9 Å². The molecule has 1 atom stereocenters. The number of hydrogen-bond donors (Lipinski definition) is 0. The maximum atomic E-state index is 12.4. The minimum atomic E-state index is -0.238. The predicted octanol–water partition coefficient (Wildman–Crippen LogP) is 5.43. The number of benzene rings is 2. The summed E-state index contributed by atoms with van der Waals surface area (Å²) in [6.45, 7) is 0. The van der Waals surface area contributed by atoms with E-state index < -0.39 is 0 Å². The van der Waals surface area contributed by atoms with Crippen LogP contribution in [0.5, 0.6) is 5.75 Å². The summed E-state index contributed by atoms with van der Waals surface area (Å²) in [5, 5.41) is 1.15. The number of amides is 1. The van der Waals surface area contributed by atoms with Gasteiger partial charge < -0.3 is 4.74 Å². The molecule has 7 heteroatoms. The van der Waals surface area contributed by atoms with Crippen LogP contribution in [0.3, 0.4) is 0 Å². The maximum absolute atomic E-state index is 12.4. The number of carbonyl (C=O) groups is 1. The topological polar surface area (TPSA) is 29.5 Å². The van der Waals surface area contributed by atoms with Crippen molar-refractivity contribution in [2.45, 2.75) is 5.37 Å². The van der Waals surface area contributed by atoms with Crippen molar-refractivity contribution in [3.63, 3.8) is 0 Å². The largest absolute Gasteiger partial charge is 0.495 e. The summed E-state index contributed by atoms with van der Waals surface area (Å²) in [5.74, 6) is 0.932. The van der Waals surface area contributed by atoms with E-state index in [1.165, 1.54) is 11.8 Å². The van der Waals surface area contributed by atoms with Crippen LogP contribution in [0.2, 0.25) is 15.1 Å². The molecule has 0 N–H and O–H groups in total. The van der Waals surface area contributed by atoms with E-state index in [0.29, 0.717) is 32.3 Å². The van der Waals surface area contributed by atoms with Crippen molar-refractivity contribution >= 4 is 58.2 Å². The van der Waals surface area contributed by atoms with E-state index in [9.17, 15) is 4.79 Å². The summed E-state index contributed by atoms with van der Waals surface area (Å²) in [7, 11) is 1.55. The van der Waals surface area contributed by atoms with E-state index in [4.69, 9.17) is 39.5 Å². The van der Waals surface area contributed by atoms with E-state index in [1.807, 2.05) is 12.1 Å². The van der Waals surface area contributed by atoms with E-state index in [-0.39, 0.29) is 11.3 Å². The summed E-state index contributed by atoms with van der Waals surface area (Å²) in [6, 6.07) is 10.7. The van der Waals surface area contributed by atoms with Crippen LogP contribution in [0.15, 0.2) is 36.4 Å². The number of nitrogens with zero attached hydrogens (tertiary/aromatic N) is 1. The van der Waals surface area contributed by atoms with E-state index >= 15 is 0 Å². The molecular weight excluding hydrogens is 377 g/mol. The molecule has 3 nitrogen and oxygen atoms in total. The number of carbonyl (C=O) groups excluding carboxylic acids is 1. The monoisotopic (exact) mass is 387 g/mol. The lowest BCUT2D eigenvalue weighted by Gasteiger charge is -2.25. The minimum absolute atomic E-state index is 0.00252. The molecule has 0 unspecified atom stereocenters. The number of methoxy groups -OCH3 is 1. The molecule has 2 aromatic rings. The highest BCUT2D eigenvalue weighted by Gasteiger charge is 2.35. The Bertz CT molecular complexity index is 769. The highest BCUT2D eigenvalue weighted by atomic mass is 35.5. The number of anilines is 1. The van der Waals surface area contributed by atoms with Crippen LogP contribution in [0.25, 0.3) is 0 Å². The van der Waals surface area contributed by atoms with Gasteiger partial charge in [-0.05, 0) is 24.3 Å². The third-order valence-electron chi connectivity index (χ3n) is 3.53. The Morgan fingerprint density at radius 3 is 2.65 bits per heavy atom. The molecule has 1 aliphatic heterocycles. The van der Waals surface area contributed by atoms with Gasteiger partial charge in [-0.3, -0.25) is 9.69 Å². The molecule has 0 spiro atoms. The highest BCUT2D eigenvalue weighted by molar-refractivity contribution is 8.00. The van der Waals surface area contributed by atoms with E-state index in [0.717, 1.165) is 5.56 Å². The van der Waals surface area contributed by atoms with E-state index in [1.54, 1.807) is 36.3 Å². The lowest BCUT2D eigenvalue weighted by Crippen LogP contribution is -2.28. The molecular formula is C16H12Cl3NO2S. The average Bonchev–Trinajstić information content (AvgIpc) is 2.91. The molecule has 0 bridgehead atoms. The van der Waals surface area contributed by atoms with Gasteiger partial charge in [0.15, 0.2) is 0 Å². The Balaban J connectivity index is 2.03. The van der Waals surface area contributed by atoms with Gasteiger partial charge in [-0.15, -0.1) is 11.8 Å². The number of ether oxygens (including phenoxy) is 1. The molecule has 1 fully saturated rings. The van der Waals surface area contributed by atoms with Crippen LogP contribution in [0.4, 0.5) is 5.69 Å².